The molecule has 2 amide bonds. The number of methoxy groups -OCH3 is 2. The van der Waals surface area contributed by atoms with Gasteiger partial charge in [-0.1, -0.05) is 0 Å². The lowest BCUT2D eigenvalue weighted by molar-refractivity contribution is -0.137. The highest BCUT2D eigenvalue weighted by Crippen LogP contribution is 2.36. The summed E-state index contributed by atoms with van der Waals surface area (Å²) in [4.78, 5) is 29.5. The molecule has 1 atom stereocenters. The summed E-state index contributed by atoms with van der Waals surface area (Å²) in [6.07, 6.45) is 3.26. The zero-order valence-corrected chi connectivity index (χ0v) is 17.4. The largest absolute Gasteiger partial charge is 0.497 e. The lowest BCUT2D eigenvalue weighted by Crippen LogP contribution is -2.36. The molecule has 1 aliphatic heterocycles. The number of anilines is 1. The van der Waals surface area contributed by atoms with Crippen LogP contribution >= 0.6 is 0 Å². The second-order valence-electron chi connectivity index (χ2n) is 7.30. The first-order valence-electron chi connectivity index (χ1n) is 9.95. The molecule has 8 heteroatoms. The van der Waals surface area contributed by atoms with E-state index in [4.69, 9.17) is 18.3 Å². The summed E-state index contributed by atoms with van der Waals surface area (Å²) in [7, 11) is 3.10. The van der Waals surface area contributed by atoms with E-state index in [0.29, 0.717) is 41.8 Å². The molecule has 1 unspecified atom stereocenters. The fourth-order valence-corrected chi connectivity index (χ4v) is 3.76. The molecular formula is C23H24N2O6. The molecule has 3 aromatic rings. The average Bonchev–Trinajstić information content (AvgIpc) is 3.55. The van der Waals surface area contributed by atoms with E-state index >= 15 is 0 Å². The fourth-order valence-electron chi connectivity index (χ4n) is 3.76. The molecule has 1 fully saturated rings. The third kappa shape index (κ3) is 4.42. The van der Waals surface area contributed by atoms with Crippen LogP contribution in [0.25, 0.3) is 0 Å². The van der Waals surface area contributed by atoms with Crippen molar-refractivity contribution in [3.8, 4) is 11.5 Å². The number of hydrogen-bond acceptors (Lipinski definition) is 6. The number of hydrogen-bond donors (Lipinski definition) is 0. The maximum Gasteiger partial charge on any atom is 0.228 e. The predicted molar refractivity (Wildman–Crippen MR) is 112 cm³/mol. The van der Waals surface area contributed by atoms with Crippen LogP contribution in [0.5, 0.6) is 11.5 Å². The second-order valence-corrected chi connectivity index (χ2v) is 7.30. The van der Waals surface area contributed by atoms with Crippen molar-refractivity contribution in [1.82, 2.24) is 4.90 Å². The van der Waals surface area contributed by atoms with Crippen molar-refractivity contribution in [3.63, 3.8) is 0 Å². The zero-order valence-electron chi connectivity index (χ0n) is 17.4. The Balaban J connectivity index is 1.55. The van der Waals surface area contributed by atoms with Gasteiger partial charge in [-0.25, -0.2) is 0 Å². The maximum atomic E-state index is 13.4. The average molecular weight is 424 g/mol. The van der Waals surface area contributed by atoms with Gasteiger partial charge in [0.25, 0.3) is 0 Å². The molecule has 1 aliphatic rings. The molecular weight excluding hydrogens is 400 g/mol. The molecule has 1 saturated heterocycles. The summed E-state index contributed by atoms with van der Waals surface area (Å²) >= 11 is 0. The predicted octanol–water partition coefficient (Wildman–Crippen LogP) is 3.47. The van der Waals surface area contributed by atoms with Gasteiger partial charge in [0.1, 0.15) is 23.0 Å². The van der Waals surface area contributed by atoms with Crippen LogP contribution in [0, 0.1) is 5.92 Å². The SMILES string of the molecule is COc1ccc(OC)c(N2CC(C(=O)N(Cc3ccco3)Cc3ccco3)CC2=O)c1. The van der Waals surface area contributed by atoms with Gasteiger partial charge in [0.15, 0.2) is 0 Å². The summed E-state index contributed by atoms with van der Waals surface area (Å²) in [6.45, 7) is 0.841. The molecule has 0 saturated carbocycles. The minimum Gasteiger partial charge on any atom is -0.497 e. The number of carbonyl (C=O) groups is 2. The van der Waals surface area contributed by atoms with E-state index in [-0.39, 0.29) is 24.8 Å². The minimum absolute atomic E-state index is 0.117. The highest BCUT2D eigenvalue weighted by molar-refractivity contribution is 6.01. The molecule has 2 aromatic heterocycles. The van der Waals surface area contributed by atoms with Crippen LogP contribution in [0.3, 0.4) is 0 Å². The fraction of sp³-hybridized carbons (Fsp3) is 0.304. The van der Waals surface area contributed by atoms with Gasteiger partial charge < -0.3 is 28.1 Å². The third-order valence-electron chi connectivity index (χ3n) is 5.32. The Morgan fingerprint density at radius 1 is 1.06 bits per heavy atom. The van der Waals surface area contributed by atoms with Crippen molar-refractivity contribution in [2.75, 3.05) is 25.7 Å². The normalized spacial score (nSPS) is 15.9. The number of carbonyl (C=O) groups excluding carboxylic acids is 2. The third-order valence-corrected chi connectivity index (χ3v) is 5.32. The van der Waals surface area contributed by atoms with Gasteiger partial charge in [0.2, 0.25) is 11.8 Å². The number of amides is 2. The number of benzene rings is 1. The number of ether oxygens (including phenoxy) is 2. The van der Waals surface area contributed by atoms with E-state index in [9.17, 15) is 9.59 Å². The second kappa shape index (κ2) is 8.99. The Kier molecular flexibility index (Phi) is 5.97. The van der Waals surface area contributed by atoms with Crippen LogP contribution in [0.15, 0.2) is 63.8 Å². The Morgan fingerprint density at radius 2 is 1.74 bits per heavy atom. The molecule has 162 valence electrons. The molecule has 8 nitrogen and oxygen atoms in total. The lowest BCUT2D eigenvalue weighted by atomic mass is 10.1. The maximum absolute atomic E-state index is 13.4. The van der Waals surface area contributed by atoms with Crippen molar-refractivity contribution < 1.29 is 27.9 Å². The van der Waals surface area contributed by atoms with Gasteiger partial charge in [0, 0.05) is 19.0 Å². The number of nitrogens with zero attached hydrogens (tertiary/aromatic N) is 2. The Morgan fingerprint density at radius 3 is 2.29 bits per heavy atom. The van der Waals surface area contributed by atoms with E-state index in [2.05, 4.69) is 0 Å². The molecule has 31 heavy (non-hydrogen) atoms. The first kappa shape index (κ1) is 20.6. The van der Waals surface area contributed by atoms with Crippen LogP contribution in [-0.4, -0.2) is 37.5 Å². The first-order valence-corrected chi connectivity index (χ1v) is 9.95. The van der Waals surface area contributed by atoms with Crippen molar-refractivity contribution in [2.45, 2.75) is 19.5 Å². The van der Waals surface area contributed by atoms with Crippen molar-refractivity contribution in [2.24, 2.45) is 5.92 Å². The standard InChI is InChI=1S/C23H24N2O6/c1-28-17-7-8-21(29-2)20(12-17)25-13-16(11-22(25)26)23(27)24(14-18-5-3-9-30-18)15-19-6-4-10-31-19/h3-10,12,16H,11,13-15H2,1-2H3. The molecule has 0 N–H and O–H groups in total. The van der Waals surface area contributed by atoms with Crippen LogP contribution in [-0.2, 0) is 22.7 Å². The number of furan rings is 2. The van der Waals surface area contributed by atoms with Crippen molar-refractivity contribution in [1.29, 1.82) is 0 Å². The van der Waals surface area contributed by atoms with E-state index in [0.717, 1.165) is 0 Å². The van der Waals surface area contributed by atoms with Crippen LogP contribution in [0.4, 0.5) is 5.69 Å². The Bertz CT molecular complexity index is 992. The first-order chi connectivity index (χ1) is 15.1. The number of rotatable bonds is 8. The van der Waals surface area contributed by atoms with Gasteiger partial charge in [-0.15, -0.1) is 0 Å². The molecule has 1 aromatic carbocycles. The van der Waals surface area contributed by atoms with Gasteiger partial charge >= 0.3 is 0 Å². The molecule has 0 aliphatic carbocycles. The summed E-state index contributed by atoms with van der Waals surface area (Å²) < 4.78 is 21.6. The molecule has 3 heterocycles. The molecule has 0 radical (unpaired) electrons. The van der Waals surface area contributed by atoms with Gasteiger partial charge in [0.05, 0.1) is 51.4 Å². The molecule has 0 spiro atoms. The molecule has 4 rings (SSSR count). The van der Waals surface area contributed by atoms with Gasteiger partial charge in [-0.3, -0.25) is 9.59 Å². The van der Waals surface area contributed by atoms with E-state index in [1.807, 2.05) is 12.1 Å². The van der Waals surface area contributed by atoms with Crippen LogP contribution < -0.4 is 14.4 Å². The van der Waals surface area contributed by atoms with Gasteiger partial charge in [-0.2, -0.15) is 0 Å². The smallest absolute Gasteiger partial charge is 0.228 e. The molecule has 0 bridgehead atoms. The highest BCUT2D eigenvalue weighted by atomic mass is 16.5. The topological polar surface area (TPSA) is 85.4 Å². The summed E-state index contributed by atoms with van der Waals surface area (Å²) in [5.41, 5.74) is 0.589. The quantitative estimate of drug-likeness (QED) is 0.550. The van der Waals surface area contributed by atoms with E-state index < -0.39 is 5.92 Å². The van der Waals surface area contributed by atoms with E-state index in [1.165, 1.54) is 0 Å². The summed E-state index contributed by atoms with van der Waals surface area (Å²) in [6, 6.07) is 12.4. The Hall–Kier alpha value is -3.68. The highest BCUT2D eigenvalue weighted by Gasteiger charge is 2.38. The van der Waals surface area contributed by atoms with Crippen molar-refractivity contribution in [3.05, 3.63) is 66.5 Å². The van der Waals surface area contributed by atoms with Crippen LogP contribution in [0.1, 0.15) is 17.9 Å². The Labute approximate surface area is 179 Å². The van der Waals surface area contributed by atoms with Crippen LogP contribution in [0.2, 0.25) is 0 Å². The zero-order chi connectivity index (χ0) is 21.8. The monoisotopic (exact) mass is 424 g/mol. The summed E-state index contributed by atoms with van der Waals surface area (Å²) in [5, 5.41) is 0. The summed E-state index contributed by atoms with van der Waals surface area (Å²) in [5.74, 6) is 1.71. The lowest BCUT2D eigenvalue weighted by Gasteiger charge is -2.24. The minimum atomic E-state index is -0.492. The van der Waals surface area contributed by atoms with Gasteiger partial charge in [-0.05, 0) is 36.4 Å². The van der Waals surface area contributed by atoms with E-state index in [1.54, 1.807) is 66.9 Å². The van der Waals surface area contributed by atoms with Crippen molar-refractivity contribution >= 4 is 17.5 Å².